The van der Waals surface area contributed by atoms with Crippen LogP contribution >= 0.6 is 0 Å². The second kappa shape index (κ2) is 14.8. The summed E-state index contributed by atoms with van der Waals surface area (Å²) in [5, 5.41) is 0. The number of benzene rings is 1. The molecule has 1 heterocycles. The molecule has 0 radical (unpaired) electrons. The van der Waals surface area contributed by atoms with Crippen LogP contribution in [0.1, 0.15) is 121 Å². The fourth-order valence-corrected chi connectivity index (χ4v) is 5.72. The van der Waals surface area contributed by atoms with Crippen LogP contribution in [0, 0.1) is 23.5 Å². The van der Waals surface area contributed by atoms with E-state index in [-0.39, 0.29) is 11.4 Å². The second-order valence-corrected chi connectivity index (χ2v) is 11.4. The zero-order valence-electron chi connectivity index (χ0n) is 22.9. The van der Waals surface area contributed by atoms with E-state index in [1.807, 2.05) is 0 Å². The molecular formula is C32H46F2N2O. The minimum absolute atomic E-state index is 0.156. The molecular weight excluding hydrogens is 466 g/mol. The third-order valence-corrected chi connectivity index (χ3v) is 8.27. The quantitative estimate of drug-likeness (QED) is 0.198. The van der Waals surface area contributed by atoms with Crippen molar-refractivity contribution in [3.8, 4) is 17.1 Å². The van der Waals surface area contributed by atoms with Crippen molar-refractivity contribution >= 4 is 0 Å². The van der Waals surface area contributed by atoms with Crippen molar-refractivity contribution in [3.63, 3.8) is 0 Å². The number of unbranched alkanes of at least 4 members (excludes halogenated alkanes) is 9. The Kier molecular flexibility index (Phi) is 11.2. The molecule has 0 spiro atoms. The van der Waals surface area contributed by atoms with E-state index in [0.717, 1.165) is 37.2 Å². The lowest BCUT2D eigenvalue weighted by Crippen LogP contribution is -2.17. The predicted molar refractivity (Wildman–Crippen MR) is 147 cm³/mol. The molecule has 0 saturated heterocycles. The lowest BCUT2D eigenvalue weighted by molar-refractivity contribution is 0.302. The van der Waals surface area contributed by atoms with Gasteiger partial charge in [-0.1, -0.05) is 96.8 Å². The van der Waals surface area contributed by atoms with Crippen LogP contribution < -0.4 is 4.74 Å². The number of hydrogen-bond donors (Lipinski definition) is 0. The summed E-state index contributed by atoms with van der Waals surface area (Å²) in [4.78, 5) is 8.61. The van der Waals surface area contributed by atoms with E-state index < -0.39 is 11.6 Å². The number of halogens is 2. The summed E-state index contributed by atoms with van der Waals surface area (Å²) in [7, 11) is 0. The molecule has 0 aliphatic heterocycles. The molecule has 1 atom stereocenters. The van der Waals surface area contributed by atoms with Gasteiger partial charge in [0.2, 0.25) is 0 Å². The van der Waals surface area contributed by atoms with E-state index in [1.165, 1.54) is 83.5 Å². The first kappa shape index (κ1) is 28.0. The Labute approximate surface area is 222 Å². The Morgan fingerprint density at radius 1 is 0.784 bits per heavy atom. The Morgan fingerprint density at radius 2 is 1.43 bits per heavy atom. The highest BCUT2D eigenvalue weighted by Crippen LogP contribution is 2.36. The molecule has 5 heteroatoms. The smallest absolute Gasteiger partial charge is 0.170 e. The van der Waals surface area contributed by atoms with Crippen molar-refractivity contribution in [1.82, 2.24) is 9.97 Å². The molecule has 2 aliphatic carbocycles. The summed E-state index contributed by atoms with van der Waals surface area (Å²) >= 11 is 0. The zero-order valence-corrected chi connectivity index (χ0v) is 22.9. The van der Waals surface area contributed by atoms with Gasteiger partial charge in [-0.15, -0.1) is 0 Å². The van der Waals surface area contributed by atoms with Crippen LogP contribution in [-0.4, -0.2) is 16.6 Å². The number of hydrogen-bond acceptors (Lipinski definition) is 3. The minimum Gasteiger partial charge on any atom is -0.490 e. The summed E-state index contributed by atoms with van der Waals surface area (Å²) < 4.78 is 36.0. The molecule has 1 fully saturated rings. The monoisotopic (exact) mass is 512 g/mol. The van der Waals surface area contributed by atoms with Crippen LogP contribution in [0.25, 0.3) is 11.4 Å². The summed E-state index contributed by atoms with van der Waals surface area (Å²) in [6.07, 6.45) is 24.7. The third kappa shape index (κ3) is 8.75. The molecule has 37 heavy (non-hydrogen) atoms. The number of fused-ring (bicyclic) bond motifs is 1. The highest BCUT2D eigenvalue weighted by atomic mass is 19.2. The van der Waals surface area contributed by atoms with Gasteiger partial charge in [0.15, 0.2) is 23.2 Å². The number of rotatable bonds is 17. The van der Waals surface area contributed by atoms with E-state index in [9.17, 15) is 0 Å². The molecule has 0 amide bonds. The lowest BCUT2D eigenvalue weighted by Gasteiger charge is -2.26. The maximum Gasteiger partial charge on any atom is 0.170 e. The number of aromatic nitrogens is 2. The number of aryl methyl sites for hydroxylation is 1. The molecule has 0 N–H and O–H groups in total. The lowest BCUT2D eigenvalue weighted by atomic mass is 9.80. The van der Waals surface area contributed by atoms with E-state index in [2.05, 4.69) is 16.9 Å². The summed E-state index contributed by atoms with van der Waals surface area (Å²) in [6, 6.07) is 1.77. The third-order valence-electron chi connectivity index (χ3n) is 8.27. The molecule has 2 aliphatic rings. The Balaban J connectivity index is 1.23. The van der Waals surface area contributed by atoms with E-state index in [4.69, 9.17) is 4.74 Å². The molecule has 1 aromatic carbocycles. The summed E-state index contributed by atoms with van der Waals surface area (Å²) in [5.74, 6) is 0.730. The largest absolute Gasteiger partial charge is 0.490 e. The summed E-state index contributed by atoms with van der Waals surface area (Å²) in [5.41, 5.74) is 1.64. The average Bonchev–Trinajstić information content (AvgIpc) is 3.75. The van der Waals surface area contributed by atoms with Gasteiger partial charge in [-0.05, 0) is 54.7 Å². The van der Waals surface area contributed by atoms with Gasteiger partial charge in [0.1, 0.15) is 0 Å². The molecule has 2 aromatic rings. The van der Waals surface area contributed by atoms with Gasteiger partial charge in [-0.25, -0.2) is 18.7 Å². The van der Waals surface area contributed by atoms with Crippen molar-refractivity contribution in [2.75, 3.05) is 6.61 Å². The van der Waals surface area contributed by atoms with Crippen molar-refractivity contribution in [1.29, 1.82) is 0 Å². The minimum atomic E-state index is -0.824. The first-order chi connectivity index (χ1) is 18.2. The van der Waals surface area contributed by atoms with Crippen LogP contribution in [0.2, 0.25) is 0 Å². The fourth-order valence-electron chi connectivity index (χ4n) is 5.72. The van der Waals surface area contributed by atoms with Gasteiger partial charge in [0.05, 0.1) is 24.6 Å². The Morgan fingerprint density at radius 3 is 2.14 bits per heavy atom. The highest BCUT2D eigenvalue weighted by Gasteiger charge is 2.26. The van der Waals surface area contributed by atoms with Gasteiger partial charge in [-0.2, -0.15) is 0 Å². The molecule has 1 aromatic heterocycles. The standard InChI is InChI=1S/C32H46F2N2O/c1-2-3-4-5-6-7-11-14-25-17-18-26-21-29(31(34)30(33)28(26)20-25)32-35-22-27(23-36-32)37-19-12-9-8-10-13-24-15-16-24/h21-25H,2-20H2,1H3. The van der Waals surface area contributed by atoms with Crippen LogP contribution in [0.5, 0.6) is 5.75 Å². The molecule has 204 valence electrons. The Hall–Kier alpha value is -2.04. The van der Waals surface area contributed by atoms with Crippen molar-refractivity contribution in [3.05, 3.63) is 41.2 Å². The topological polar surface area (TPSA) is 35.0 Å². The fraction of sp³-hybridized carbons (Fsp3) is 0.688. The molecule has 1 saturated carbocycles. The van der Waals surface area contributed by atoms with Crippen LogP contribution in [-0.2, 0) is 12.8 Å². The predicted octanol–water partition coefficient (Wildman–Crippen LogP) is 9.41. The molecule has 3 nitrogen and oxygen atoms in total. The highest BCUT2D eigenvalue weighted by molar-refractivity contribution is 5.59. The van der Waals surface area contributed by atoms with Gasteiger partial charge < -0.3 is 4.74 Å². The zero-order chi connectivity index (χ0) is 25.9. The Bertz CT molecular complexity index is 958. The number of nitrogens with zero attached hydrogens (tertiary/aromatic N) is 2. The summed E-state index contributed by atoms with van der Waals surface area (Å²) in [6.45, 7) is 2.87. The van der Waals surface area contributed by atoms with E-state index >= 15 is 8.78 Å². The van der Waals surface area contributed by atoms with Crippen molar-refractivity contribution in [2.45, 2.75) is 122 Å². The van der Waals surface area contributed by atoms with Gasteiger partial charge in [-0.3, -0.25) is 0 Å². The van der Waals surface area contributed by atoms with Crippen LogP contribution in [0.3, 0.4) is 0 Å². The molecule has 0 bridgehead atoms. The van der Waals surface area contributed by atoms with E-state index in [1.54, 1.807) is 18.5 Å². The second-order valence-electron chi connectivity index (χ2n) is 11.4. The van der Waals surface area contributed by atoms with Crippen LogP contribution in [0.15, 0.2) is 18.5 Å². The van der Waals surface area contributed by atoms with Crippen molar-refractivity contribution in [2.24, 2.45) is 11.8 Å². The maximum absolute atomic E-state index is 15.1. The van der Waals surface area contributed by atoms with Crippen molar-refractivity contribution < 1.29 is 13.5 Å². The average molecular weight is 513 g/mol. The van der Waals surface area contributed by atoms with Gasteiger partial charge in [0.25, 0.3) is 0 Å². The van der Waals surface area contributed by atoms with E-state index in [0.29, 0.717) is 30.3 Å². The molecule has 4 rings (SSSR count). The SMILES string of the molecule is CCCCCCCCCC1CCc2cc(-c3ncc(OCCCCCCC4CC4)cn3)c(F)c(F)c2C1. The molecule has 1 unspecified atom stereocenters. The van der Waals surface area contributed by atoms with Gasteiger partial charge >= 0.3 is 0 Å². The van der Waals surface area contributed by atoms with Crippen LogP contribution in [0.4, 0.5) is 8.78 Å². The normalized spacial score (nSPS) is 17.1. The first-order valence-corrected chi connectivity index (χ1v) is 15.1. The maximum atomic E-state index is 15.1. The number of ether oxygens (including phenoxy) is 1. The van der Waals surface area contributed by atoms with Gasteiger partial charge in [0, 0.05) is 0 Å². The first-order valence-electron chi connectivity index (χ1n) is 15.1.